The Morgan fingerprint density at radius 3 is 1.25 bits per heavy atom. The van der Waals surface area contributed by atoms with Gasteiger partial charge in [0.1, 0.15) is 0 Å². The number of hydrogen-bond donors (Lipinski definition) is 0. The van der Waals surface area contributed by atoms with Gasteiger partial charge in [-0.25, -0.2) is 0 Å². The van der Waals surface area contributed by atoms with Gasteiger partial charge >= 0.3 is 21.0 Å². The Morgan fingerprint density at radius 1 is 1.25 bits per heavy atom. The van der Waals surface area contributed by atoms with E-state index in [1.807, 2.05) is 0 Å². The van der Waals surface area contributed by atoms with E-state index in [0.717, 1.165) is 17.4 Å². The summed E-state index contributed by atoms with van der Waals surface area (Å²) >= 11 is 1.06. The summed E-state index contributed by atoms with van der Waals surface area (Å²) < 4.78 is 8.19. The molecule has 0 aromatic rings. The van der Waals surface area contributed by atoms with Crippen LogP contribution in [0.2, 0.25) is 0 Å². The fourth-order valence-corrected chi connectivity index (χ4v) is 0. The molecule has 0 fully saturated rings. The second-order valence-electron chi connectivity index (χ2n) is 0. The average molecular weight is 308 g/mol. The molecular weight excluding hydrogens is 308 g/mol. The molecule has 4 heteroatoms. The van der Waals surface area contributed by atoms with Crippen LogP contribution in [0, 0.1) is 49.4 Å². The van der Waals surface area contributed by atoms with Crippen molar-refractivity contribution in [3.63, 3.8) is 0 Å². The van der Waals surface area contributed by atoms with E-state index in [9.17, 15) is 0 Å². The van der Waals surface area contributed by atoms with E-state index in [2.05, 4.69) is 0 Å². The summed E-state index contributed by atoms with van der Waals surface area (Å²) in [5.41, 5.74) is 0. The largest absolute Gasteiger partial charge is 0 e. The third-order valence-electron chi connectivity index (χ3n) is 0. The first kappa shape index (κ1) is 15.7. The maximum Gasteiger partial charge on any atom is 0 e. The van der Waals surface area contributed by atoms with Crippen molar-refractivity contribution < 1.29 is 103 Å². The Labute approximate surface area is 100 Å². The zero-order valence-corrected chi connectivity index (χ0v) is 8.47. The molecule has 0 aromatic heterocycles. The summed E-state index contributed by atoms with van der Waals surface area (Å²) in [7, 11) is 0. The van der Waals surface area contributed by atoms with E-state index >= 15 is 0 Å². The minimum atomic E-state index is 0. The van der Waals surface area contributed by atoms with Crippen LogP contribution in [0.4, 0.5) is 0 Å². The molecule has 0 saturated carbocycles. The molecular formula is EuOVY. The number of rotatable bonds is 0. The van der Waals surface area contributed by atoms with Gasteiger partial charge in [-0.05, 0) is 0 Å². The predicted molar refractivity (Wildman–Crippen MR) is 0.686 cm³/mol. The Morgan fingerprint density at radius 2 is 1.25 bits per heavy atom. The summed E-state index contributed by atoms with van der Waals surface area (Å²) in [5, 5.41) is 0. The molecule has 0 heterocycles. The SMILES string of the molecule is [Eu].[O]=[V].[Y]. The summed E-state index contributed by atoms with van der Waals surface area (Å²) in [6, 6.07) is 0. The maximum atomic E-state index is 8.19. The topological polar surface area (TPSA) is 17.1 Å². The smallest absolute Gasteiger partial charge is 0 e. The van der Waals surface area contributed by atoms with E-state index in [-0.39, 0.29) is 82.1 Å². The van der Waals surface area contributed by atoms with E-state index in [4.69, 9.17) is 3.67 Å². The molecule has 0 aliphatic rings. The van der Waals surface area contributed by atoms with Crippen molar-refractivity contribution >= 4 is 0 Å². The van der Waals surface area contributed by atoms with Crippen molar-refractivity contribution in [1.82, 2.24) is 0 Å². The first-order chi connectivity index (χ1) is 1.00. The van der Waals surface area contributed by atoms with Crippen molar-refractivity contribution in [2.24, 2.45) is 0 Å². The van der Waals surface area contributed by atoms with Crippen LogP contribution in [-0.2, 0) is 53.8 Å². The monoisotopic (exact) mass is 309 g/mol. The van der Waals surface area contributed by atoms with Gasteiger partial charge in [0, 0.05) is 82.1 Å². The molecule has 0 aliphatic heterocycles. The first-order valence-electron chi connectivity index (χ1n) is 0.183. The van der Waals surface area contributed by atoms with Gasteiger partial charge in [0.25, 0.3) is 0 Å². The molecule has 0 N–H and O–H groups in total. The van der Waals surface area contributed by atoms with Crippen molar-refractivity contribution in [3.8, 4) is 0 Å². The van der Waals surface area contributed by atoms with Gasteiger partial charge in [0.05, 0.1) is 0 Å². The van der Waals surface area contributed by atoms with Gasteiger partial charge in [-0.3, -0.25) is 0 Å². The first-order valence-corrected chi connectivity index (χ1v) is 0.753. The van der Waals surface area contributed by atoms with Crippen molar-refractivity contribution in [3.05, 3.63) is 0 Å². The van der Waals surface area contributed by atoms with Crippen molar-refractivity contribution in [2.75, 3.05) is 0 Å². The minimum Gasteiger partial charge on any atom is 0 e. The van der Waals surface area contributed by atoms with E-state index < -0.39 is 0 Å². The fourth-order valence-electron chi connectivity index (χ4n) is 0. The van der Waals surface area contributed by atoms with Crippen molar-refractivity contribution in [2.45, 2.75) is 0 Å². The zero-order chi connectivity index (χ0) is 2.00. The Hall–Kier alpha value is 3.07. The van der Waals surface area contributed by atoms with Crippen LogP contribution < -0.4 is 0 Å². The Bertz CT molecular complexity index is 8.00. The molecule has 0 aromatic carbocycles. The summed E-state index contributed by atoms with van der Waals surface area (Å²) in [5.74, 6) is 0. The third-order valence-corrected chi connectivity index (χ3v) is 0. The average Bonchev–Trinajstić information content (AvgIpc) is 1.00. The van der Waals surface area contributed by atoms with E-state index in [0.29, 0.717) is 0 Å². The molecule has 2 radical (unpaired) electrons. The molecule has 0 aliphatic carbocycles. The molecule has 1 nitrogen and oxygen atoms in total. The van der Waals surface area contributed by atoms with Gasteiger partial charge in [-0.2, -0.15) is 0 Å². The fraction of sp³-hybridized carbons (Fsp3) is 0. The van der Waals surface area contributed by atoms with Crippen LogP contribution in [0.25, 0.3) is 0 Å². The van der Waals surface area contributed by atoms with Gasteiger partial charge in [-0.15, -0.1) is 0 Å². The molecule has 0 amide bonds. The van der Waals surface area contributed by atoms with Crippen LogP contribution in [-0.4, -0.2) is 0 Å². The maximum absolute atomic E-state index is 8.19. The molecule has 0 spiro atoms. The van der Waals surface area contributed by atoms with E-state index in [1.54, 1.807) is 0 Å². The molecule has 21 valence electrons. The standard InChI is InChI=1S/Eu.O.V.Y. The molecule has 0 unspecified atom stereocenters. The van der Waals surface area contributed by atoms with Crippen LogP contribution >= 0.6 is 0 Å². The molecule has 0 rings (SSSR count). The van der Waals surface area contributed by atoms with Crippen molar-refractivity contribution in [1.29, 1.82) is 0 Å². The quantitative estimate of drug-likeness (QED) is 0.610. The molecule has 0 saturated heterocycles. The minimum absolute atomic E-state index is 0. The van der Waals surface area contributed by atoms with Crippen LogP contribution in [0.15, 0.2) is 0 Å². The van der Waals surface area contributed by atoms with Gasteiger partial charge in [0.15, 0.2) is 0 Å². The summed E-state index contributed by atoms with van der Waals surface area (Å²) in [6.45, 7) is 0. The van der Waals surface area contributed by atoms with Crippen LogP contribution in [0.3, 0.4) is 0 Å². The van der Waals surface area contributed by atoms with Crippen LogP contribution in [0.1, 0.15) is 0 Å². The second kappa shape index (κ2) is 16.6. The predicted octanol–water partition coefficient (Wildman–Crippen LogP) is -0.124. The third kappa shape index (κ3) is 8.91. The zero-order valence-electron chi connectivity index (χ0n) is 1.81. The Balaban J connectivity index is -0.00000000500. The molecule has 0 atom stereocenters. The van der Waals surface area contributed by atoms with E-state index in [1.165, 1.54) is 0 Å². The summed E-state index contributed by atoms with van der Waals surface area (Å²) in [4.78, 5) is 0. The van der Waals surface area contributed by atoms with Crippen LogP contribution in [0.5, 0.6) is 0 Å². The normalized spacial score (nSPS) is 0.750. The Kier molecular flexibility index (Phi) is 65.1. The second-order valence-corrected chi connectivity index (χ2v) is 0. The molecule has 4 heavy (non-hydrogen) atoms. The van der Waals surface area contributed by atoms with Gasteiger partial charge in [-0.1, -0.05) is 0 Å². The van der Waals surface area contributed by atoms with Gasteiger partial charge in [0.2, 0.25) is 0 Å². The molecule has 0 bridgehead atoms. The van der Waals surface area contributed by atoms with Gasteiger partial charge < -0.3 is 0 Å². The summed E-state index contributed by atoms with van der Waals surface area (Å²) in [6.07, 6.45) is 0. The number of hydrogen-bond acceptors (Lipinski definition) is 1.